The Balaban J connectivity index is 1.27. The number of piperidine rings is 1. The number of hydrogen-bond acceptors (Lipinski definition) is 5. The van der Waals surface area contributed by atoms with E-state index in [9.17, 15) is 4.79 Å². The average Bonchev–Trinajstić information content (AvgIpc) is 2.79. The Morgan fingerprint density at radius 3 is 2.64 bits per heavy atom. The van der Waals surface area contributed by atoms with Gasteiger partial charge in [-0.2, -0.15) is 0 Å². The number of carbonyl (C=O) groups is 1. The lowest BCUT2D eigenvalue weighted by atomic mass is 9.89. The summed E-state index contributed by atoms with van der Waals surface area (Å²) in [7, 11) is 1.61. The van der Waals surface area contributed by atoms with Crippen molar-refractivity contribution in [1.29, 1.82) is 0 Å². The molecule has 1 N–H and O–H groups in total. The summed E-state index contributed by atoms with van der Waals surface area (Å²) in [6.07, 6.45) is 5.79. The zero-order valence-electron chi connectivity index (χ0n) is 19.1. The van der Waals surface area contributed by atoms with E-state index in [2.05, 4.69) is 10.2 Å². The van der Waals surface area contributed by atoms with Crippen LogP contribution in [0.3, 0.4) is 0 Å². The average molecular weight is 471 g/mol. The Morgan fingerprint density at radius 1 is 1.21 bits per heavy atom. The quantitative estimate of drug-likeness (QED) is 0.623. The van der Waals surface area contributed by atoms with Gasteiger partial charge in [0.25, 0.3) is 5.91 Å². The molecule has 33 heavy (non-hydrogen) atoms. The van der Waals surface area contributed by atoms with Crippen LogP contribution in [-0.4, -0.2) is 56.0 Å². The van der Waals surface area contributed by atoms with Crippen LogP contribution < -0.4 is 10.1 Å². The molecule has 5 rings (SSSR count). The van der Waals surface area contributed by atoms with Crippen LogP contribution >= 0.6 is 11.6 Å². The molecule has 2 heterocycles. The first-order valence-electron chi connectivity index (χ1n) is 11.8. The molecule has 0 bridgehead atoms. The third-order valence-electron chi connectivity index (χ3n) is 7.14. The van der Waals surface area contributed by atoms with E-state index in [0.717, 1.165) is 54.4 Å². The van der Waals surface area contributed by atoms with Crippen LogP contribution in [0.25, 0.3) is 11.1 Å². The maximum absolute atomic E-state index is 12.2. The van der Waals surface area contributed by atoms with Gasteiger partial charge in [0, 0.05) is 62.3 Å². The van der Waals surface area contributed by atoms with Gasteiger partial charge in [0.15, 0.2) is 0 Å². The minimum Gasteiger partial charge on any atom is -0.462 e. The Kier molecular flexibility index (Phi) is 6.61. The van der Waals surface area contributed by atoms with Gasteiger partial charge in [0.05, 0.1) is 18.2 Å². The Labute approximate surface area is 200 Å². The van der Waals surface area contributed by atoms with Gasteiger partial charge >= 0.3 is 0 Å². The van der Waals surface area contributed by atoms with Crippen molar-refractivity contribution in [2.24, 2.45) is 0 Å². The summed E-state index contributed by atoms with van der Waals surface area (Å²) in [5.74, 6) is 0.169. The van der Waals surface area contributed by atoms with E-state index >= 15 is 0 Å². The van der Waals surface area contributed by atoms with Crippen molar-refractivity contribution in [3.8, 4) is 16.9 Å². The molecule has 2 aromatic rings. The highest BCUT2D eigenvalue weighted by molar-refractivity contribution is 6.33. The number of halogens is 1. The number of ether oxygens (including phenoxy) is 3. The second kappa shape index (κ2) is 9.63. The molecule has 1 saturated heterocycles. The van der Waals surface area contributed by atoms with E-state index in [1.165, 1.54) is 19.3 Å². The van der Waals surface area contributed by atoms with Crippen LogP contribution in [0.15, 0.2) is 36.4 Å². The fourth-order valence-corrected chi connectivity index (χ4v) is 5.13. The van der Waals surface area contributed by atoms with Crippen LogP contribution in [0.4, 0.5) is 0 Å². The molecule has 1 saturated carbocycles. The largest absolute Gasteiger partial charge is 0.462 e. The fourth-order valence-electron chi connectivity index (χ4n) is 4.87. The molecule has 0 aromatic heterocycles. The number of nitrogens with zero attached hydrogens (tertiary/aromatic N) is 1. The minimum absolute atomic E-state index is 0.120. The van der Waals surface area contributed by atoms with Gasteiger partial charge in [-0.05, 0) is 42.7 Å². The van der Waals surface area contributed by atoms with Gasteiger partial charge in [-0.25, -0.2) is 0 Å². The molecule has 1 aliphatic carbocycles. The number of benzene rings is 2. The smallest absolute Gasteiger partial charge is 0.251 e. The summed E-state index contributed by atoms with van der Waals surface area (Å²) >= 11 is 6.68. The number of amides is 1. The molecule has 176 valence electrons. The molecule has 0 radical (unpaired) electrons. The van der Waals surface area contributed by atoms with Crippen molar-refractivity contribution in [2.45, 2.75) is 50.5 Å². The predicted octanol–water partition coefficient (Wildman–Crippen LogP) is 4.64. The molecule has 2 fully saturated rings. The third-order valence-corrected chi connectivity index (χ3v) is 7.45. The van der Waals surface area contributed by atoms with Crippen LogP contribution in [-0.2, 0) is 16.1 Å². The van der Waals surface area contributed by atoms with Gasteiger partial charge in [-0.3, -0.25) is 9.69 Å². The van der Waals surface area contributed by atoms with Crippen molar-refractivity contribution in [3.05, 3.63) is 52.5 Å². The number of carbonyl (C=O) groups excluding carboxylic acids is 1. The lowest BCUT2D eigenvalue weighted by Crippen LogP contribution is -2.54. The van der Waals surface area contributed by atoms with E-state index < -0.39 is 5.79 Å². The lowest BCUT2D eigenvalue weighted by Gasteiger charge is -2.47. The number of rotatable bonds is 6. The molecular weight excluding hydrogens is 440 g/mol. The van der Waals surface area contributed by atoms with Crippen molar-refractivity contribution < 1.29 is 19.0 Å². The summed E-state index contributed by atoms with van der Waals surface area (Å²) < 4.78 is 17.7. The van der Waals surface area contributed by atoms with Gasteiger partial charge in [-0.1, -0.05) is 30.2 Å². The standard InChI is InChI=1S/C26H31ClN2O4/c1-31-14-11-28-25(30)19-7-5-18(6-8-19)22-15-20-17-32-26(33-24(20)16-23(22)27)9-12-29(13-10-26)21-3-2-4-21/h5-8,15-16,21H,2-4,9-14,17H2,1H3,(H,28,30). The Hall–Kier alpha value is -2.12. The molecule has 2 aliphatic heterocycles. The topological polar surface area (TPSA) is 60.0 Å². The minimum atomic E-state index is -0.532. The van der Waals surface area contributed by atoms with E-state index in [1.54, 1.807) is 7.11 Å². The molecule has 6 nitrogen and oxygen atoms in total. The Morgan fingerprint density at radius 2 is 1.97 bits per heavy atom. The molecule has 7 heteroatoms. The summed E-state index contributed by atoms with van der Waals surface area (Å²) in [6.45, 7) is 3.53. The summed E-state index contributed by atoms with van der Waals surface area (Å²) in [5.41, 5.74) is 3.46. The summed E-state index contributed by atoms with van der Waals surface area (Å²) in [5, 5.41) is 3.46. The first-order chi connectivity index (χ1) is 16.1. The first kappa shape index (κ1) is 22.7. The van der Waals surface area contributed by atoms with Gasteiger partial charge in [-0.15, -0.1) is 0 Å². The van der Waals surface area contributed by atoms with Gasteiger partial charge in [0.1, 0.15) is 5.75 Å². The van der Waals surface area contributed by atoms with Crippen molar-refractivity contribution in [2.75, 3.05) is 33.4 Å². The normalized spacial score (nSPS) is 20.1. The van der Waals surface area contributed by atoms with Crippen LogP contribution in [0, 0.1) is 0 Å². The van der Waals surface area contributed by atoms with E-state index in [4.69, 9.17) is 25.8 Å². The van der Waals surface area contributed by atoms with E-state index in [1.807, 2.05) is 36.4 Å². The zero-order valence-corrected chi connectivity index (χ0v) is 19.8. The monoisotopic (exact) mass is 470 g/mol. The summed E-state index contributed by atoms with van der Waals surface area (Å²) in [4.78, 5) is 14.8. The highest BCUT2D eigenvalue weighted by atomic mass is 35.5. The second-order valence-corrected chi connectivity index (χ2v) is 9.60. The van der Waals surface area contributed by atoms with E-state index in [0.29, 0.717) is 30.3 Å². The van der Waals surface area contributed by atoms with Crippen molar-refractivity contribution in [1.82, 2.24) is 10.2 Å². The SMILES string of the molecule is COCCNC(=O)c1ccc(-c2cc3c(cc2Cl)OC2(CCN(C4CCC4)CC2)OC3)cc1. The molecule has 1 spiro atoms. The molecular formula is C26H31ClN2O4. The molecule has 0 atom stereocenters. The predicted molar refractivity (Wildman–Crippen MR) is 128 cm³/mol. The Bertz CT molecular complexity index is 998. The van der Waals surface area contributed by atoms with Crippen LogP contribution in [0.1, 0.15) is 48.0 Å². The maximum atomic E-state index is 12.2. The van der Waals surface area contributed by atoms with Crippen LogP contribution in [0.5, 0.6) is 5.75 Å². The molecule has 1 amide bonds. The molecule has 3 aliphatic rings. The van der Waals surface area contributed by atoms with Crippen molar-refractivity contribution in [3.63, 3.8) is 0 Å². The first-order valence-corrected chi connectivity index (χ1v) is 12.2. The number of methoxy groups -OCH3 is 1. The second-order valence-electron chi connectivity index (χ2n) is 9.19. The zero-order chi connectivity index (χ0) is 22.8. The number of likely N-dealkylation sites (tertiary alicyclic amines) is 1. The van der Waals surface area contributed by atoms with Crippen molar-refractivity contribution >= 4 is 17.5 Å². The highest BCUT2D eigenvalue weighted by Crippen LogP contribution is 2.42. The van der Waals surface area contributed by atoms with Crippen LogP contribution in [0.2, 0.25) is 5.02 Å². The highest BCUT2D eigenvalue weighted by Gasteiger charge is 2.43. The number of hydrogen-bond donors (Lipinski definition) is 1. The third kappa shape index (κ3) is 4.76. The molecule has 0 unspecified atom stereocenters. The van der Waals surface area contributed by atoms with E-state index in [-0.39, 0.29) is 5.91 Å². The lowest BCUT2D eigenvalue weighted by molar-refractivity contribution is -0.231. The maximum Gasteiger partial charge on any atom is 0.251 e. The number of fused-ring (bicyclic) bond motifs is 1. The van der Waals surface area contributed by atoms with Gasteiger partial charge in [0.2, 0.25) is 5.79 Å². The molecule has 2 aromatic carbocycles. The summed E-state index contributed by atoms with van der Waals surface area (Å²) in [6, 6.07) is 12.2. The fraction of sp³-hybridized carbons (Fsp3) is 0.500. The van der Waals surface area contributed by atoms with Gasteiger partial charge < -0.3 is 19.5 Å². The number of nitrogens with one attached hydrogen (secondary N) is 1.